The summed E-state index contributed by atoms with van der Waals surface area (Å²) in [4.78, 5) is 25.4. The molecule has 1 aromatic carbocycles. The van der Waals surface area contributed by atoms with Crippen LogP contribution in [0.5, 0.6) is 5.75 Å². The average molecular weight is 953 g/mol. The first-order chi connectivity index (χ1) is 34.3. The number of terminal acetylenes is 1. The van der Waals surface area contributed by atoms with Gasteiger partial charge in [-0.1, -0.05) is 23.3 Å². The SMILES string of the molecule is C#CC#CC#CC#CC#CC#CC#CC#CC#CC#CC#CC#CC.COc1ccc(Cn2c(=O)n3ncnc3c3cc(CN4CCC5(CCOCC5)N4C)cnc32)cc1.NN=NN=NN=[N+]([O-])OO.[HH].[HH].[HH].[HH].[HH].[HH].[HH].[HH].[HH].[HH].[HH].[HH]. The molecule has 2 aliphatic rings. The third-order valence-electron chi connectivity index (χ3n) is 9.38. The van der Waals surface area contributed by atoms with Crippen LogP contribution in [0.2, 0.25) is 0 Å². The molecule has 0 bridgehead atoms. The van der Waals surface area contributed by atoms with Crippen molar-refractivity contribution in [2.75, 3.05) is 33.9 Å². The van der Waals surface area contributed by atoms with Crippen molar-refractivity contribution in [3.05, 3.63) is 69.7 Å². The van der Waals surface area contributed by atoms with Gasteiger partial charge >= 0.3 is 5.69 Å². The first-order valence-electron chi connectivity index (χ1n) is 20.1. The van der Waals surface area contributed by atoms with Crippen LogP contribution in [0, 0.1) is 148 Å². The quantitative estimate of drug-likeness (QED) is 0.0713. The van der Waals surface area contributed by atoms with Crippen LogP contribution in [0.3, 0.4) is 0 Å². The van der Waals surface area contributed by atoms with Crippen LogP contribution in [0.25, 0.3) is 16.7 Å². The lowest BCUT2D eigenvalue weighted by Gasteiger charge is -2.41. The van der Waals surface area contributed by atoms with Gasteiger partial charge in [0.25, 0.3) is 0 Å². The first kappa shape index (κ1) is 52.2. The highest BCUT2D eigenvalue weighted by molar-refractivity contribution is 5.89. The van der Waals surface area contributed by atoms with Crippen molar-refractivity contribution in [3.63, 3.8) is 0 Å². The molecule has 1 spiro atoms. The Morgan fingerprint density at radius 2 is 1.39 bits per heavy atom. The van der Waals surface area contributed by atoms with E-state index in [0.29, 0.717) is 17.8 Å². The number of nitrogens with zero attached hydrogens (tertiary/aromatic N) is 13. The van der Waals surface area contributed by atoms with Gasteiger partial charge in [0.1, 0.15) is 22.9 Å². The van der Waals surface area contributed by atoms with Crippen LogP contribution in [0.1, 0.15) is 54.4 Å². The molecule has 70 heavy (non-hydrogen) atoms. The van der Waals surface area contributed by atoms with Crippen molar-refractivity contribution < 1.29 is 41.9 Å². The molecule has 2 fully saturated rings. The van der Waals surface area contributed by atoms with Gasteiger partial charge in [0, 0.05) is 103 Å². The maximum absolute atomic E-state index is 13.2. The summed E-state index contributed by atoms with van der Waals surface area (Å²) in [5.41, 5.74) is 3.11. The minimum Gasteiger partial charge on any atom is -0.497 e. The minimum atomic E-state index is -0.602. The Morgan fingerprint density at radius 3 is 1.91 bits per heavy atom. The number of hydrazine groups is 1. The Bertz CT molecular complexity index is 3520. The number of fused-ring (bicyclic) bond motifs is 3. The van der Waals surface area contributed by atoms with Gasteiger partial charge in [-0.2, -0.15) is 9.61 Å². The highest BCUT2D eigenvalue weighted by atomic mass is 17.2. The van der Waals surface area contributed by atoms with E-state index in [2.05, 4.69) is 206 Å². The van der Waals surface area contributed by atoms with Gasteiger partial charge < -0.3 is 25.5 Å². The number of methoxy groups -OCH3 is 1. The van der Waals surface area contributed by atoms with Crippen molar-refractivity contribution in [2.45, 2.75) is 44.8 Å². The van der Waals surface area contributed by atoms with E-state index >= 15 is 0 Å². The third-order valence-corrected chi connectivity index (χ3v) is 9.38. The zero-order valence-electron chi connectivity index (χ0n) is 37.7. The topological polar surface area (TPSA) is 233 Å². The van der Waals surface area contributed by atoms with Crippen molar-refractivity contribution in [3.8, 4) is 148 Å². The van der Waals surface area contributed by atoms with Gasteiger partial charge in [0.05, 0.1) is 24.1 Å². The number of nitrogens with two attached hydrogens (primary N) is 1. The predicted octanol–water partition coefficient (Wildman–Crippen LogP) is 5.69. The number of rotatable bonds is 8. The van der Waals surface area contributed by atoms with Crippen LogP contribution in [-0.2, 0) is 22.8 Å². The standard InChI is InChI=1S/C25H29N7O3.C25H4.H3N7O3.12H2/c1-29-25(8-11-35-12-9-25)7-10-30(29)15-19-13-21-22(26-14-19)31(24(33)32-23(21)27-17-28-32)16-18-3-5-20(34-2)6-4-18;1-3-5-7-9-11-13-15-17-19-21-23-25-24-22-20-18-16-14-12-10-8-6-4-2;1-2-3-4-5-6-7(8)10-9;;;;;;;;;;;;/h3-6,13-14,17H,7-12,15-16H2,1-2H3;1H,2H3;9H,(H2,1,3,5);12*1H. The summed E-state index contributed by atoms with van der Waals surface area (Å²) >= 11 is 0. The molecule has 0 amide bonds. The molecule has 0 radical (unpaired) electrons. The maximum atomic E-state index is 13.2. The summed E-state index contributed by atoms with van der Waals surface area (Å²) in [7, 11) is 3.83. The van der Waals surface area contributed by atoms with Gasteiger partial charge in [-0.3, -0.25) is 9.82 Å². The molecule has 5 heterocycles. The number of ether oxygens (including phenoxy) is 2. The van der Waals surface area contributed by atoms with E-state index in [-0.39, 0.29) is 28.3 Å². The largest absolute Gasteiger partial charge is 0.497 e. The maximum Gasteiger partial charge on any atom is 0.352 e. The molecule has 6 rings (SSSR count). The Labute approximate surface area is 421 Å². The van der Waals surface area contributed by atoms with Gasteiger partial charge in [0.15, 0.2) is 5.65 Å². The predicted molar refractivity (Wildman–Crippen MR) is 279 cm³/mol. The third kappa shape index (κ3) is 16.8. The smallest absolute Gasteiger partial charge is 0.352 e. The fourth-order valence-electron chi connectivity index (χ4n) is 6.26. The molecule has 0 aliphatic carbocycles. The fraction of sp³-hybridized carbons (Fsp3) is 0.240. The molecular weight excluding hydrogens is 893 g/mol. The van der Waals surface area contributed by atoms with E-state index in [9.17, 15) is 10.0 Å². The van der Waals surface area contributed by atoms with Crippen LogP contribution < -0.4 is 16.3 Å². The van der Waals surface area contributed by atoms with Gasteiger partial charge in [-0.15, -0.1) is 6.42 Å². The summed E-state index contributed by atoms with van der Waals surface area (Å²) < 4.78 is 13.9. The van der Waals surface area contributed by atoms with Crippen LogP contribution in [0.4, 0.5) is 0 Å². The van der Waals surface area contributed by atoms with Gasteiger partial charge in [-0.25, -0.2) is 24.8 Å². The van der Waals surface area contributed by atoms with Crippen molar-refractivity contribution in [1.82, 2.24) is 34.2 Å². The molecule has 20 heteroatoms. The molecule has 3 N–H and O–H groups in total. The second-order valence-electron chi connectivity index (χ2n) is 13.2. The second-order valence-corrected chi connectivity index (χ2v) is 13.2. The first-order valence-corrected chi connectivity index (χ1v) is 20.1. The van der Waals surface area contributed by atoms with Crippen LogP contribution in [0.15, 0.2) is 73.8 Å². The Morgan fingerprint density at radius 1 is 0.814 bits per heavy atom. The molecule has 20 nitrogen and oxygen atoms in total. The van der Waals surface area contributed by atoms with Gasteiger partial charge in [-0.05, 0) is 150 Å². The minimum absolute atomic E-state index is 0. The van der Waals surface area contributed by atoms with Gasteiger partial charge in [0.2, 0.25) is 10.4 Å². The van der Waals surface area contributed by atoms with Crippen molar-refractivity contribution in [1.29, 1.82) is 0 Å². The molecule has 2 saturated heterocycles. The number of benzene rings is 1. The molecule has 4 aromatic rings. The van der Waals surface area contributed by atoms with Crippen molar-refractivity contribution >= 4 is 16.7 Å². The molecule has 0 unspecified atom stereocenters. The summed E-state index contributed by atoms with van der Waals surface area (Å²) in [5.74, 6) is 62.1. The van der Waals surface area contributed by atoms with E-state index in [1.165, 1.54) is 10.8 Å². The highest BCUT2D eigenvalue weighted by Gasteiger charge is 2.44. The summed E-state index contributed by atoms with van der Waals surface area (Å²) in [6.45, 7) is 5.48. The van der Waals surface area contributed by atoms with E-state index in [1.54, 1.807) is 18.6 Å². The van der Waals surface area contributed by atoms with E-state index in [0.717, 1.165) is 67.8 Å². The fourth-order valence-corrected chi connectivity index (χ4v) is 6.26. The van der Waals surface area contributed by atoms with E-state index < -0.39 is 5.02 Å². The molecule has 3 aromatic heterocycles. The summed E-state index contributed by atoms with van der Waals surface area (Å²) in [5, 5.41) is 39.9. The molecule has 0 saturated carbocycles. The van der Waals surface area contributed by atoms with E-state index in [1.807, 2.05) is 30.5 Å². The summed E-state index contributed by atoms with van der Waals surface area (Å²) in [6, 6.07) is 9.78. The lowest BCUT2D eigenvalue weighted by atomic mass is 9.88. The van der Waals surface area contributed by atoms with Crippen LogP contribution in [-0.4, -0.2) is 83.9 Å². The summed E-state index contributed by atoms with van der Waals surface area (Å²) in [6.07, 6.45) is 11.5. The Balaban J connectivity index is -0.000000146. The monoisotopic (exact) mass is 952 g/mol. The molecule has 0 atom stereocenters. The van der Waals surface area contributed by atoms with E-state index in [4.69, 9.17) is 26.1 Å². The second kappa shape index (κ2) is 29.9. The number of hydrogen-bond donors (Lipinski definition) is 2. The Hall–Kier alpha value is -10.5. The molecular formula is C50H60N14O6. The van der Waals surface area contributed by atoms with Crippen LogP contribution >= 0.6 is 0 Å². The Kier molecular flexibility index (Phi) is 22.3. The highest BCUT2D eigenvalue weighted by Crippen LogP contribution is 2.37. The zero-order valence-corrected chi connectivity index (χ0v) is 37.7. The normalized spacial score (nSPS) is 12.6. The average Bonchev–Trinajstić information content (AvgIpc) is 4.00. The lowest BCUT2D eigenvalue weighted by Crippen LogP contribution is -2.50. The molecule has 366 valence electrons. The number of aromatic nitrogens is 5. The number of hydrogen-bond acceptors (Lipinski definition) is 12. The number of pyridine rings is 1. The zero-order chi connectivity index (χ0) is 50.1. The lowest BCUT2D eigenvalue weighted by molar-refractivity contribution is -0.873. The molecule has 2 aliphatic heterocycles. The van der Waals surface area contributed by atoms with Crippen molar-refractivity contribution in [2.24, 2.45) is 32.0 Å².